The lowest BCUT2D eigenvalue weighted by Gasteiger charge is -2.09. The summed E-state index contributed by atoms with van der Waals surface area (Å²) in [5, 5.41) is 7.05. The normalized spacial score (nSPS) is 10.8. The molecule has 3 rings (SSSR count). The summed E-state index contributed by atoms with van der Waals surface area (Å²) >= 11 is 1.58. The number of nitrogens with one attached hydrogen (secondary N) is 2. The van der Waals surface area contributed by atoms with Crippen molar-refractivity contribution in [3.63, 3.8) is 0 Å². The number of benzene rings is 1. The zero-order valence-corrected chi connectivity index (χ0v) is 12.7. The summed E-state index contributed by atoms with van der Waals surface area (Å²) < 4.78 is 1.14. The van der Waals surface area contributed by atoms with E-state index in [1.807, 2.05) is 26.0 Å². The van der Waals surface area contributed by atoms with Crippen molar-refractivity contribution in [3.05, 3.63) is 30.1 Å². The fraction of sp³-hybridized carbons (Fsp3) is 0.214. The standard InChI is InChI=1S/C14H16N6S/c1-3-16-12-10(15)13(18-7-17-12)20-14-19-11-8(2)5-4-6-9(11)21-14/h4-7H,3,15H2,1-2H3,(H2,16,17,18,19,20). The number of hydrogen-bond acceptors (Lipinski definition) is 7. The van der Waals surface area contributed by atoms with Gasteiger partial charge in [-0.25, -0.2) is 15.0 Å². The zero-order valence-electron chi connectivity index (χ0n) is 11.8. The minimum Gasteiger partial charge on any atom is -0.393 e. The molecule has 1 aromatic carbocycles. The Labute approximate surface area is 126 Å². The smallest absolute Gasteiger partial charge is 0.189 e. The topological polar surface area (TPSA) is 88.8 Å². The highest BCUT2D eigenvalue weighted by Crippen LogP contribution is 2.32. The molecule has 0 amide bonds. The molecule has 0 saturated heterocycles. The Balaban J connectivity index is 1.95. The first kappa shape index (κ1) is 13.6. The molecule has 0 aliphatic carbocycles. The molecule has 2 aromatic heterocycles. The summed E-state index contributed by atoms with van der Waals surface area (Å²) in [4.78, 5) is 12.9. The molecule has 0 spiro atoms. The molecule has 0 radical (unpaired) electrons. The third-order valence-corrected chi connectivity index (χ3v) is 4.01. The maximum Gasteiger partial charge on any atom is 0.189 e. The van der Waals surface area contributed by atoms with E-state index in [9.17, 15) is 0 Å². The number of rotatable bonds is 4. The highest BCUT2D eigenvalue weighted by atomic mass is 32.1. The molecule has 7 heteroatoms. The van der Waals surface area contributed by atoms with Crippen LogP contribution in [0.1, 0.15) is 12.5 Å². The van der Waals surface area contributed by atoms with Gasteiger partial charge in [-0.2, -0.15) is 0 Å². The first-order chi connectivity index (χ1) is 10.2. The lowest BCUT2D eigenvalue weighted by Crippen LogP contribution is -2.07. The molecule has 21 heavy (non-hydrogen) atoms. The van der Waals surface area contributed by atoms with Gasteiger partial charge in [0.2, 0.25) is 0 Å². The third-order valence-electron chi connectivity index (χ3n) is 3.07. The molecule has 0 unspecified atom stereocenters. The second kappa shape index (κ2) is 5.53. The van der Waals surface area contributed by atoms with E-state index in [0.29, 0.717) is 17.3 Å². The van der Waals surface area contributed by atoms with Gasteiger partial charge in [0.05, 0.1) is 10.2 Å². The van der Waals surface area contributed by atoms with Gasteiger partial charge in [-0.3, -0.25) is 0 Å². The number of aryl methyl sites for hydroxylation is 1. The third kappa shape index (κ3) is 2.59. The number of anilines is 4. The summed E-state index contributed by atoms with van der Waals surface area (Å²) in [6.07, 6.45) is 1.48. The summed E-state index contributed by atoms with van der Waals surface area (Å²) in [7, 11) is 0. The summed E-state index contributed by atoms with van der Waals surface area (Å²) in [6, 6.07) is 6.13. The van der Waals surface area contributed by atoms with Crippen molar-refractivity contribution in [2.24, 2.45) is 0 Å². The maximum atomic E-state index is 6.07. The van der Waals surface area contributed by atoms with E-state index in [1.54, 1.807) is 11.3 Å². The predicted molar refractivity (Wildman–Crippen MR) is 88.2 cm³/mol. The van der Waals surface area contributed by atoms with Gasteiger partial charge in [0.25, 0.3) is 0 Å². The predicted octanol–water partition coefficient (Wildman–Crippen LogP) is 3.15. The van der Waals surface area contributed by atoms with Gasteiger partial charge < -0.3 is 16.4 Å². The van der Waals surface area contributed by atoms with Crippen LogP contribution in [-0.2, 0) is 0 Å². The number of nitrogens with two attached hydrogens (primary N) is 1. The molecule has 0 saturated carbocycles. The van der Waals surface area contributed by atoms with Gasteiger partial charge in [0.1, 0.15) is 12.0 Å². The molecule has 0 aliphatic rings. The van der Waals surface area contributed by atoms with E-state index in [0.717, 1.165) is 27.5 Å². The number of para-hydroxylation sites is 1. The van der Waals surface area contributed by atoms with Crippen molar-refractivity contribution in [3.8, 4) is 0 Å². The summed E-state index contributed by atoms with van der Waals surface area (Å²) in [5.41, 5.74) is 8.72. The molecule has 4 N–H and O–H groups in total. The fourth-order valence-electron chi connectivity index (χ4n) is 2.04. The van der Waals surface area contributed by atoms with Crippen molar-refractivity contribution in [2.45, 2.75) is 13.8 Å². The lowest BCUT2D eigenvalue weighted by atomic mass is 10.2. The minimum atomic E-state index is 0.496. The highest BCUT2D eigenvalue weighted by molar-refractivity contribution is 7.22. The Morgan fingerprint density at radius 1 is 1.24 bits per heavy atom. The lowest BCUT2D eigenvalue weighted by molar-refractivity contribution is 1.11. The van der Waals surface area contributed by atoms with Crippen LogP contribution in [0.3, 0.4) is 0 Å². The van der Waals surface area contributed by atoms with Crippen LogP contribution in [0.4, 0.5) is 22.5 Å². The van der Waals surface area contributed by atoms with Gasteiger partial charge in [-0.15, -0.1) is 0 Å². The molecular formula is C14H16N6S. The second-order valence-electron chi connectivity index (χ2n) is 4.58. The molecular weight excluding hydrogens is 284 g/mol. The molecule has 0 fully saturated rings. The van der Waals surface area contributed by atoms with E-state index < -0.39 is 0 Å². The van der Waals surface area contributed by atoms with E-state index in [1.165, 1.54) is 6.33 Å². The van der Waals surface area contributed by atoms with Crippen molar-refractivity contribution < 1.29 is 0 Å². The first-order valence-electron chi connectivity index (χ1n) is 6.66. The van der Waals surface area contributed by atoms with Crippen molar-refractivity contribution in [1.82, 2.24) is 15.0 Å². The average molecular weight is 300 g/mol. The Kier molecular flexibility index (Phi) is 3.57. The van der Waals surface area contributed by atoms with Crippen LogP contribution in [0.5, 0.6) is 0 Å². The quantitative estimate of drug-likeness (QED) is 0.686. The summed E-state index contributed by atoms with van der Waals surface area (Å²) in [5.74, 6) is 1.20. The molecule has 2 heterocycles. The van der Waals surface area contributed by atoms with Gasteiger partial charge in [-0.05, 0) is 25.5 Å². The molecule has 3 aromatic rings. The molecule has 0 atom stereocenters. The van der Waals surface area contributed by atoms with E-state index in [4.69, 9.17) is 5.73 Å². The largest absolute Gasteiger partial charge is 0.393 e. The number of aromatic nitrogens is 3. The SMILES string of the molecule is CCNc1ncnc(Nc2nc3c(C)cccc3s2)c1N. The zero-order chi connectivity index (χ0) is 14.8. The Morgan fingerprint density at radius 3 is 2.81 bits per heavy atom. The summed E-state index contributed by atoms with van der Waals surface area (Å²) in [6.45, 7) is 4.79. The number of hydrogen-bond donors (Lipinski definition) is 3. The van der Waals surface area contributed by atoms with Crippen LogP contribution in [-0.4, -0.2) is 21.5 Å². The fourth-order valence-corrected chi connectivity index (χ4v) is 2.99. The molecule has 0 aliphatic heterocycles. The van der Waals surface area contributed by atoms with Crippen molar-refractivity contribution in [2.75, 3.05) is 22.9 Å². The van der Waals surface area contributed by atoms with Crippen LogP contribution in [0.15, 0.2) is 24.5 Å². The van der Waals surface area contributed by atoms with Gasteiger partial charge >= 0.3 is 0 Å². The monoisotopic (exact) mass is 300 g/mol. The van der Waals surface area contributed by atoms with E-state index in [-0.39, 0.29) is 0 Å². The number of thiazole rings is 1. The van der Waals surface area contributed by atoms with Crippen molar-refractivity contribution >= 4 is 44.0 Å². The maximum absolute atomic E-state index is 6.07. The molecule has 6 nitrogen and oxygen atoms in total. The Bertz CT molecular complexity index is 782. The Morgan fingerprint density at radius 2 is 2.05 bits per heavy atom. The number of fused-ring (bicyclic) bond motifs is 1. The minimum absolute atomic E-state index is 0.496. The Hall–Kier alpha value is -2.41. The molecule has 0 bridgehead atoms. The van der Waals surface area contributed by atoms with Crippen LogP contribution >= 0.6 is 11.3 Å². The van der Waals surface area contributed by atoms with Gasteiger partial charge in [0, 0.05) is 6.54 Å². The highest BCUT2D eigenvalue weighted by Gasteiger charge is 2.11. The van der Waals surface area contributed by atoms with Crippen LogP contribution < -0.4 is 16.4 Å². The van der Waals surface area contributed by atoms with Gasteiger partial charge in [-0.1, -0.05) is 23.5 Å². The van der Waals surface area contributed by atoms with Crippen molar-refractivity contribution in [1.29, 1.82) is 0 Å². The van der Waals surface area contributed by atoms with E-state index in [2.05, 4.69) is 31.7 Å². The van der Waals surface area contributed by atoms with Crippen LogP contribution in [0, 0.1) is 6.92 Å². The van der Waals surface area contributed by atoms with E-state index >= 15 is 0 Å². The van der Waals surface area contributed by atoms with Crippen LogP contribution in [0.2, 0.25) is 0 Å². The average Bonchev–Trinajstić information content (AvgIpc) is 2.88. The number of nitrogen functional groups attached to an aromatic ring is 1. The van der Waals surface area contributed by atoms with Gasteiger partial charge in [0.15, 0.2) is 16.8 Å². The number of nitrogens with zero attached hydrogens (tertiary/aromatic N) is 3. The van der Waals surface area contributed by atoms with Crippen LogP contribution in [0.25, 0.3) is 10.2 Å². The molecule has 108 valence electrons. The second-order valence-corrected chi connectivity index (χ2v) is 5.61. The first-order valence-corrected chi connectivity index (χ1v) is 7.48.